The van der Waals surface area contributed by atoms with Crippen molar-refractivity contribution in [3.8, 4) is 0 Å². The fourth-order valence-corrected chi connectivity index (χ4v) is 1.21. The monoisotopic (exact) mass is 388 g/mol. The predicted octanol–water partition coefficient (Wildman–Crippen LogP) is 4.79. The van der Waals surface area contributed by atoms with Gasteiger partial charge in [0.1, 0.15) is 0 Å². The first-order valence-corrected chi connectivity index (χ1v) is 5.46. The molecule has 94 valence electrons. The van der Waals surface area contributed by atoms with Crippen molar-refractivity contribution in [2.45, 2.75) is 47.0 Å². The van der Waals surface area contributed by atoms with Gasteiger partial charge in [0.05, 0.1) is 0 Å². The molecule has 0 bridgehead atoms. The third-order valence-electron chi connectivity index (χ3n) is 1.97. The van der Waals surface area contributed by atoms with E-state index in [9.17, 15) is 0 Å². The third kappa shape index (κ3) is 14.2. The van der Waals surface area contributed by atoms with Crippen molar-refractivity contribution in [3.63, 3.8) is 0 Å². The van der Waals surface area contributed by atoms with E-state index < -0.39 is 0 Å². The van der Waals surface area contributed by atoms with Crippen LogP contribution in [0.15, 0.2) is 17.7 Å². The van der Waals surface area contributed by atoms with Crippen LogP contribution >= 0.6 is 0 Å². The van der Waals surface area contributed by atoms with Gasteiger partial charge < -0.3 is 13.8 Å². The molecule has 0 aliphatic heterocycles. The van der Waals surface area contributed by atoms with Crippen LogP contribution in [0.3, 0.4) is 0 Å². The number of hydrogen-bond donors (Lipinski definition) is 0. The zero-order valence-corrected chi connectivity index (χ0v) is 12.9. The van der Waals surface area contributed by atoms with Crippen LogP contribution in [0, 0.1) is 25.8 Å². The maximum absolute atomic E-state index is 3.25. The van der Waals surface area contributed by atoms with E-state index in [-0.39, 0.29) is 21.1 Å². The minimum atomic E-state index is 0. The van der Waals surface area contributed by atoms with E-state index in [0.29, 0.717) is 0 Å². The molecular formula is C14H25Pt-3. The molecule has 0 saturated heterocycles. The van der Waals surface area contributed by atoms with E-state index in [1.54, 1.807) is 13.8 Å². The van der Waals surface area contributed by atoms with Gasteiger partial charge in [0.25, 0.3) is 0 Å². The zero-order chi connectivity index (χ0) is 11.4. The summed E-state index contributed by atoms with van der Waals surface area (Å²) in [7, 11) is 0. The molecule has 1 rings (SSSR count). The molecule has 0 N–H and O–H groups in total. The molecule has 0 amide bonds. The van der Waals surface area contributed by atoms with Crippen molar-refractivity contribution < 1.29 is 21.1 Å². The molecule has 1 atom stereocenters. The second kappa shape index (κ2) is 16.6. The summed E-state index contributed by atoms with van der Waals surface area (Å²) >= 11 is 0. The van der Waals surface area contributed by atoms with E-state index in [1.165, 1.54) is 24.8 Å². The van der Waals surface area contributed by atoms with Crippen molar-refractivity contribution in [2.75, 3.05) is 0 Å². The molecule has 0 nitrogen and oxygen atoms in total. The van der Waals surface area contributed by atoms with E-state index in [4.69, 9.17) is 0 Å². The minimum Gasteiger partial charge on any atom is -0.346 e. The fraction of sp³-hybridized carbons (Fsp3) is 0.571. The Bertz CT molecular complexity index is 157. The second-order valence-corrected chi connectivity index (χ2v) is 3.15. The van der Waals surface area contributed by atoms with Crippen LogP contribution in [0.1, 0.15) is 47.0 Å². The zero-order valence-electron chi connectivity index (χ0n) is 10.6. The molecule has 0 aromatic rings. The third-order valence-corrected chi connectivity index (χ3v) is 1.97. The summed E-state index contributed by atoms with van der Waals surface area (Å²) in [5.41, 5.74) is 1.39. The van der Waals surface area contributed by atoms with Gasteiger partial charge in [-0.05, 0) is 6.42 Å². The van der Waals surface area contributed by atoms with E-state index in [2.05, 4.69) is 45.9 Å². The Morgan fingerprint density at radius 1 is 1.27 bits per heavy atom. The smallest absolute Gasteiger partial charge is 0 e. The van der Waals surface area contributed by atoms with Crippen molar-refractivity contribution in [2.24, 2.45) is 5.92 Å². The molecule has 0 heterocycles. The van der Waals surface area contributed by atoms with Crippen LogP contribution in [-0.2, 0) is 21.1 Å². The summed E-state index contributed by atoms with van der Waals surface area (Å²) in [6.45, 7) is 14.4. The normalized spacial score (nSPS) is 18.8. The Morgan fingerprint density at radius 3 is 2.33 bits per heavy atom. The summed E-state index contributed by atoms with van der Waals surface area (Å²) in [6.07, 6.45) is 11.4. The molecule has 1 aliphatic carbocycles. The first-order chi connectivity index (χ1) is 6.79. The maximum Gasteiger partial charge on any atom is 0 e. The van der Waals surface area contributed by atoms with Crippen LogP contribution < -0.4 is 0 Å². The number of hydrogen-bond acceptors (Lipinski definition) is 0. The SMILES string of the molecule is CC1=[C-]C=CC(C)CCC1.[CH2-]C.[CH2-]C.[Pt]. The quantitative estimate of drug-likeness (QED) is 0.524. The molecule has 0 aromatic carbocycles. The molecule has 1 heteroatoms. The maximum atomic E-state index is 3.25. The fourth-order valence-electron chi connectivity index (χ4n) is 1.21. The molecule has 1 aliphatic rings. The van der Waals surface area contributed by atoms with E-state index in [1.807, 2.05) is 0 Å². The Balaban J connectivity index is -0.000000258. The summed E-state index contributed by atoms with van der Waals surface area (Å²) in [5, 5.41) is 0. The average molecular weight is 388 g/mol. The van der Waals surface area contributed by atoms with Gasteiger partial charge in [0.15, 0.2) is 0 Å². The van der Waals surface area contributed by atoms with Gasteiger partial charge in [-0.3, -0.25) is 6.08 Å². The summed E-state index contributed by atoms with van der Waals surface area (Å²) < 4.78 is 0. The first-order valence-electron chi connectivity index (χ1n) is 5.46. The minimum absolute atomic E-state index is 0. The largest absolute Gasteiger partial charge is 0.346 e. The average Bonchev–Trinajstić information content (AvgIpc) is 2.21. The second-order valence-electron chi connectivity index (χ2n) is 3.15. The molecule has 15 heavy (non-hydrogen) atoms. The molecule has 0 spiro atoms. The van der Waals surface area contributed by atoms with Gasteiger partial charge in [-0.25, -0.2) is 12.2 Å². The van der Waals surface area contributed by atoms with Gasteiger partial charge in [-0.2, -0.15) is 19.4 Å². The summed E-state index contributed by atoms with van der Waals surface area (Å²) in [4.78, 5) is 0. The van der Waals surface area contributed by atoms with Gasteiger partial charge in [-0.15, -0.1) is 0 Å². The topological polar surface area (TPSA) is 0 Å². The first kappa shape index (κ1) is 20.6. The van der Waals surface area contributed by atoms with Crippen LogP contribution in [0.25, 0.3) is 0 Å². The molecule has 0 radical (unpaired) electrons. The standard InChI is InChI=1S/C10H15.2C2H5.Pt/c1-9-5-3-7-10(2)8-4-6-9;2*1-2;/h3,5,9H,4,6,8H2,1-2H3;2*1H2,2H3;/q3*-1;. The van der Waals surface area contributed by atoms with Crippen molar-refractivity contribution >= 4 is 0 Å². The summed E-state index contributed by atoms with van der Waals surface area (Å²) in [5.74, 6) is 0.751. The molecule has 0 fully saturated rings. The van der Waals surface area contributed by atoms with Crippen molar-refractivity contribution in [1.29, 1.82) is 0 Å². The van der Waals surface area contributed by atoms with Gasteiger partial charge >= 0.3 is 0 Å². The summed E-state index contributed by atoms with van der Waals surface area (Å²) in [6, 6.07) is 0. The van der Waals surface area contributed by atoms with Gasteiger partial charge in [0.2, 0.25) is 0 Å². The number of rotatable bonds is 0. The van der Waals surface area contributed by atoms with Crippen molar-refractivity contribution in [1.82, 2.24) is 0 Å². The van der Waals surface area contributed by atoms with Gasteiger partial charge in [0, 0.05) is 21.1 Å². The molecular weight excluding hydrogens is 363 g/mol. The van der Waals surface area contributed by atoms with E-state index >= 15 is 0 Å². The molecule has 0 saturated carbocycles. The molecule has 1 unspecified atom stereocenters. The van der Waals surface area contributed by atoms with Crippen LogP contribution in [0.2, 0.25) is 0 Å². The van der Waals surface area contributed by atoms with E-state index in [0.717, 1.165) is 5.92 Å². The van der Waals surface area contributed by atoms with Crippen LogP contribution in [-0.4, -0.2) is 0 Å². The number of allylic oxidation sites excluding steroid dienone is 4. The molecule has 0 aromatic heterocycles. The van der Waals surface area contributed by atoms with Crippen LogP contribution in [0.4, 0.5) is 0 Å². The Hall–Kier alpha value is 0.168. The van der Waals surface area contributed by atoms with Crippen LogP contribution in [0.5, 0.6) is 0 Å². The van der Waals surface area contributed by atoms with Crippen molar-refractivity contribution in [3.05, 3.63) is 37.6 Å². The Labute approximate surface area is 111 Å². The predicted molar refractivity (Wildman–Crippen MR) is 66.6 cm³/mol. The van der Waals surface area contributed by atoms with Gasteiger partial charge in [-0.1, -0.05) is 32.6 Å². The Morgan fingerprint density at radius 2 is 1.80 bits per heavy atom. The Kier molecular flexibility index (Phi) is 22.7.